The first-order valence-corrected chi connectivity index (χ1v) is 9.51. The average Bonchev–Trinajstić information content (AvgIpc) is 3.42. The summed E-state index contributed by atoms with van der Waals surface area (Å²) in [4.78, 5) is 18.8. The topological polar surface area (TPSA) is 88.8 Å². The van der Waals surface area contributed by atoms with Crippen molar-refractivity contribution in [1.29, 1.82) is 0 Å². The van der Waals surface area contributed by atoms with Gasteiger partial charge >= 0.3 is 0 Å². The fraction of sp³-hybridized carbons (Fsp3) is 0.350. The number of anilines is 1. The summed E-state index contributed by atoms with van der Waals surface area (Å²) >= 11 is 0. The molecule has 1 N–H and O–H groups in total. The summed E-state index contributed by atoms with van der Waals surface area (Å²) in [5, 5.41) is 15.8. The molecule has 1 saturated heterocycles. The number of nitrogens with zero attached hydrogens (tertiary/aromatic N) is 6. The molecule has 1 amide bonds. The van der Waals surface area contributed by atoms with E-state index in [-0.39, 0.29) is 11.9 Å². The van der Waals surface area contributed by atoms with Gasteiger partial charge < -0.3 is 10.2 Å². The fourth-order valence-electron chi connectivity index (χ4n) is 3.37. The number of benzene rings is 1. The van der Waals surface area contributed by atoms with Crippen LogP contribution in [0.4, 0.5) is 5.82 Å². The summed E-state index contributed by atoms with van der Waals surface area (Å²) in [5.41, 5.74) is 2.22. The van der Waals surface area contributed by atoms with Crippen LogP contribution in [0.2, 0.25) is 0 Å². The Bertz CT molecular complexity index is 918. The molecule has 1 aliphatic rings. The Morgan fingerprint density at radius 2 is 2.04 bits per heavy atom. The molecule has 0 bridgehead atoms. The van der Waals surface area contributed by atoms with E-state index >= 15 is 0 Å². The number of aromatic nitrogens is 5. The Labute approximate surface area is 163 Å². The molecule has 4 rings (SSSR count). The fourth-order valence-corrected chi connectivity index (χ4v) is 3.37. The summed E-state index contributed by atoms with van der Waals surface area (Å²) in [6, 6.07) is 11.3. The molecule has 0 aliphatic carbocycles. The zero-order valence-electron chi connectivity index (χ0n) is 15.8. The average molecular weight is 377 g/mol. The standard InChI is InChI=1S/C20H23N7O/c1-15(12-27-14-21-13-22-27)23-20(28)17-6-4-5-16(11-17)18-7-8-19(25-24-18)26-9-2-3-10-26/h4-8,11,13-15H,2-3,9-10,12H2,1H3,(H,23,28)/t15-/m1/s1. The highest BCUT2D eigenvalue weighted by Crippen LogP contribution is 2.21. The second-order valence-corrected chi connectivity index (χ2v) is 7.04. The van der Waals surface area contributed by atoms with E-state index < -0.39 is 0 Å². The maximum absolute atomic E-state index is 12.6. The third-order valence-corrected chi connectivity index (χ3v) is 4.81. The second-order valence-electron chi connectivity index (χ2n) is 7.04. The molecule has 1 fully saturated rings. The molecule has 0 radical (unpaired) electrons. The van der Waals surface area contributed by atoms with Gasteiger partial charge in [-0.05, 0) is 44.0 Å². The van der Waals surface area contributed by atoms with Crippen LogP contribution >= 0.6 is 0 Å². The highest BCUT2D eigenvalue weighted by molar-refractivity contribution is 5.95. The Balaban J connectivity index is 1.44. The van der Waals surface area contributed by atoms with Gasteiger partial charge in [-0.1, -0.05) is 12.1 Å². The highest BCUT2D eigenvalue weighted by atomic mass is 16.1. The largest absolute Gasteiger partial charge is 0.355 e. The van der Waals surface area contributed by atoms with Crippen molar-refractivity contribution in [2.24, 2.45) is 0 Å². The predicted molar refractivity (Wildman–Crippen MR) is 106 cm³/mol. The van der Waals surface area contributed by atoms with Crippen LogP contribution in [0.15, 0.2) is 49.1 Å². The lowest BCUT2D eigenvalue weighted by atomic mass is 10.1. The van der Waals surface area contributed by atoms with Gasteiger partial charge in [-0.25, -0.2) is 4.98 Å². The SMILES string of the molecule is C[C@H](Cn1cncn1)NC(=O)c1cccc(-c2ccc(N3CCCC3)nn2)c1. The molecular weight excluding hydrogens is 354 g/mol. The quantitative estimate of drug-likeness (QED) is 0.708. The monoisotopic (exact) mass is 377 g/mol. The van der Waals surface area contributed by atoms with Gasteiger partial charge in [0.05, 0.1) is 12.2 Å². The third kappa shape index (κ3) is 4.16. The molecule has 8 heteroatoms. The second kappa shape index (κ2) is 8.16. The Kier molecular flexibility index (Phi) is 5.27. The van der Waals surface area contributed by atoms with Crippen LogP contribution in [-0.4, -0.2) is 50.0 Å². The molecule has 1 atom stereocenters. The molecule has 28 heavy (non-hydrogen) atoms. The number of carbonyl (C=O) groups is 1. The van der Waals surface area contributed by atoms with Crippen LogP contribution in [0, 0.1) is 0 Å². The highest BCUT2D eigenvalue weighted by Gasteiger charge is 2.15. The Morgan fingerprint density at radius 3 is 2.75 bits per heavy atom. The van der Waals surface area contributed by atoms with Gasteiger partial charge in [-0.2, -0.15) is 5.10 Å². The van der Waals surface area contributed by atoms with Crippen molar-refractivity contribution in [3.8, 4) is 11.3 Å². The van der Waals surface area contributed by atoms with E-state index in [1.165, 1.54) is 19.2 Å². The van der Waals surface area contributed by atoms with E-state index in [1.54, 1.807) is 17.1 Å². The summed E-state index contributed by atoms with van der Waals surface area (Å²) in [6.07, 6.45) is 5.52. The Hall–Kier alpha value is -3.29. The molecule has 3 heterocycles. The van der Waals surface area contributed by atoms with Gasteiger partial charge in [0.2, 0.25) is 0 Å². The number of nitrogens with one attached hydrogen (secondary N) is 1. The lowest BCUT2D eigenvalue weighted by Gasteiger charge is -2.15. The normalized spacial score (nSPS) is 14.8. The van der Waals surface area contributed by atoms with Crippen LogP contribution in [0.3, 0.4) is 0 Å². The molecule has 1 aliphatic heterocycles. The van der Waals surface area contributed by atoms with Crippen LogP contribution in [0.1, 0.15) is 30.1 Å². The van der Waals surface area contributed by atoms with Gasteiger partial charge in [0.25, 0.3) is 5.91 Å². The molecule has 1 aromatic carbocycles. The van der Waals surface area contributed by atoms with Gasteiger partial charge in [-0.15, -0.1) is 10.2 Å². The van der Waals surface area contributed by atoms with Crippen molar-refractivity contribution in [3.63, 3.8) is 0 Å². The van der Waals surface area contributed by atoms with Crippen molar-refractivity contribution < 1.29 is 4.79 Å². The van der Waals surface area contributed by atoms with Gasteiger partial charge in [0.15, 0.2) is 5.82 Å². The summed E-state index contributed by atoms with van der Waals surface area (Å²) in [7, 11) is 0. The van der Waals surface area contributed by atoms with Gasteiger partial charge in [-0.3, -0.25) is 9.48 Å². The molecular formula is C20H23N7O. The maximum atomic E-state index is 12.6. The molecule has 3 aromatic rings. The zero-order valence-corrected chi connectivity index (χ0v) is 15.8. The number of hydrogen-bond donors (Lipinski definition) is 1. The van der Waals surface area contributed by atoms with Crippen LogP contribution in [0.5, 0.6) is 0 Å². The first kappa shape index (κ1) is 18.1. The molecule has 0 unspecified atom stereocenters. The van der Waals surface area contributed by atoms with Gasteiger partial charge in [0, 0.05) is 30.3 Å². The minimum Gasteiger partial charge on any atom is -0.355 e. The van der Waals surface area contributed by atoms with E-state index in [0.717, 1.165) is 30.2 Å². The van der Waals surface area contributed by atoms with Crippen molar-refractivity contribution in [2.45, 2.75) is 32.4 Å². The van der Waals surface area contributed by atoms with Crippen LogP contribution in [-0.2, 0) is 6.54 Å². The smallest absolute Gasteiger partial charge is 0.251 e. The lowest BCUT2D eigenvalue weighted by Crippen LogP contribution is -2.35. The third-order valence-electron chi connectivity index (χ3n) is 4.81. The zero-order chi connectivity index (χ0) is 19.3. The van der Waals surface area contributed by atoms with Crippen molar-refractivity contribution in [2.75, 3.05) is 18.0 Å². The maximum Gasteiger partial charge on any atom is 0.251 e. The van der Waals surface area contributed by atoms with Crippen molar-refractivity contribution in [3.05, 3.63) is 54.6 Å². The van der Waals surface area contributed by atoms with E-state index in [0.29, 0.717) is 12.1 Å². The van der Waals surface area contributed by atoms with E-state index in [4.69, 9.17) is 0 Å². The first-order valence-electron chi connectivity index (χ1n) is 9.51. The predicted octanol–water partition coefficient (Wildman–Crippen LogP) is 2.15. The van der Waals surface area contributed by atoms with Gasteiger partial charge in [0.1, 0.15) is 12.7 Å². The number of rotatable bonds is 6. The summed E-state index contributed by atoms with van der Waals surface area (Å²) in [6.45, 7) is 4.58. The number of amides is 1. The van der Waals surface area contributed by atoms with E-state index in [9.17, 15) is 4.79 Å². The molecule has 0 spiro atoms. The number of carbonyl (C=O) groups excluding carboxylic acids is 1. The summed E-state index contributed by atoms with van der Waals surface area (Å²) in [5.74, 6) is 0.785. The minimum absolute atomic E-state index is 0.0719. The van der Waals surface area contributed by atoms with E-state index in [1.807, 2.05) is 37.3 Å². The molecule has 0 saturated carbocycles. The van der Waals surface area contributed by atoms with Crippen LogP contribution < -0.4 is 10.2 Å². The van der Waals surface area contributed by atoms with Crippen molar-refractivity contribution in [1.82, 2.24) is 30.3 Å². The first-order chi connectivity index (χ1) is 13.7. The lowest BCUT2D eigenvalue weighted by molar-refractivity contribution is 0.0936. The minimum atomic E-state index is -0.129. The summed E-state index contributed by atoms with van der Waals surface area (Å²) < 4.78 is 1.69. The van der Waals surface area contributed by atoms with Crippen molar-refractivity contribution >= 4 is 11.7 Å². The molecule has 144 valence electrons. The molecule has 2 aromatic heterocycles. The van der Waals surface area contributed by atoms with E-state index in [2.05, 4.69) is 30.5 Å². The number of hydrogen-bond acceptors (Lipinski definition) is 6. The Morgan fingerprint density at radius 1 is 1.18 bits per heavy atom. The van der Waals surface area contributed by atoms with Crippen LogP contribution in [0.25, 0.3) is 11.3 Å². The molecule has 8 nitrogen and oxygen atoms in total.